The molecule has 0 saturated carbocycles. The van der Waals surface area contributed by atoms with E-state index in [1.165, 1.54) is 6.92 Å². The predicted molar refractivity (Wildman–Crippen MR) is 82.0 cm³/mol. The number of alkyl carbamates (subject to hydrolysis) is 1. The number of carbonyl (C=O) groups is 3. The molecule has 2 amide bonds. The van der Waals surface area contributed by atoms with Crippen molar-refractivity contribution in [3.05, 3.63) is 6.92 Å². The topological polar surface area (TPSA) is 93.7 Å². The molecule has 2 N–H and O–H groups in total. The summed E-state index contributed by atoms with van der Waals surface area (Å²) in [4.78, 5) is 35.2. The van der Waals surface area contributed by atoms with Crippen LogP contribution >= 0.6 is 0 Å². The smallest absolute Gasteiger partial charge is 0.408 e. The van der Waals surface area contributed by atoms with E-state index in [2.05, 4.69) is 17.6 Å². The van der Waals surface area contributed by atoms with Gasteiger partial charge in [-0.05, 0) is 55.4 Å². The summed E-state index contributed by atoms with van der Waals surface area (Å²) < 4.78 is 10.1. The third-order valence-electron chi connectivity index (χ3n) is 2.13. The number of esters is 1. The van der Waals surface area contributed by atoms with Crippen molar-refractivity contribution in [3.63, 3.8) is 0 Å². The van der Waals surface area contributed by atoms with Gasteiger partial charge in [-0.2, -0.15) is 0 Å². The molecule has 0 rings (SSSR count). The van der Waals surface area contributed by atoms with Gasteiger partial charge in [-0.15, -0.1) is 0 Å². The summed E-state index contributed by atoms with van der Waals surface area (Å²) in [5.74, 6) is -1.21. The molecule has 0 aliphatic rings. The monoisotopic (exact) mass is 315 g/mol. The van der Waals surface area contributed by atoms with Crippen LogP contribution in [0.3, 0.4) is 0 Å². The lowest BCUT2D eigenvalue weighted by Crippen LogP contribution is -2.51. The number of amides is 2. The fourth-order valence-corrected chi connectivity index (χ4v) is 1.28. The molecule has 7 nitrogen and oxygen atoms in total. The summed E-state index contributed by atoms with van der Waals surface area (Å²) in [6, 6.07) is -1.93. The highest BCUT2D eigenvalue weighted by Gasteiger charge is 2.26. The van der Waals surface area contributed by atoms with E-state index in [1.54, 1.807) is 41.5 Å². The Morgan fingerprint density at radius 3 is 1.77 bits per heavy atom. The first-order valence-corrected chi connectivity index (χ1v) is 7.07. The maximum absolute atomic E-state index is 11.9. The van der Waals surface area contributed by atoms with Gasteiger partial charge >= 0.3 is 12.1 Å². The highest BCUT2D eigenvalue weighted by Crippen LogP contribution is 2.08. The molecule has 0 aromatic carbocycles. The van der Waals surface area contributed by atoms with Gasteiger partial charge in [0.15, 0.2) is 0 Å². The van der Waals surface area contributed by atoms with Gasteiger partial charge in [0, 0.05) is 0 Å². The molecule has 127 valence electrons. The van der Waals surface area contributed by atoms with Gasteiger partial charge in [-0.25, -0.2) is 9.59 Å². The maximum Gasteiger partial charge on any atom is 0.408 e. The van der Waals surface area contributed by atoms with Crippen LogP contribution < -0.4 is 10.6 Å². The molecule has 0 spiro atoms. The third-order valence-corrected chi connectivity index (χ3v) is 2.13. The zero-order valence-corrected chi connectivity index (χ0v) is 14.4. The molecule has 0 unspecified atom stereocenters. The Bertz CT molecular complexity index is 421. The fourth-order valence-electron chi connectivity index (χ4n) is 1.28. The molecule has 7 heteroatoms. The van der Waals surface area contributed by atoms with E-state index in [9.17, 15) is 14.4 Å². The Morgan fingerprint density at radius 1 is 0.909 bits per heavy atom. The van der Waals surface area contributed by atoms with E-state index in [4.69, 9.17) is 9.47 Å². The van der Waals surface area contributed by atoms with Gasteiger partial charge in [-0.1, -0.05) is 0 Å². The van der Waals surface area contributed by atoms with Crippen LogP contribution in [0.25, 0.3) is 0 Å². The normalized spacial score (nSPS) is 14.5. The number of hydrogen-bond donors (Lipinski definition) is 2. The Kier molecular flexibility index (Phi) is 6.86. The molecule has 0 aromatic heterocycles. The average Bonchev–Trinajstić information content (AvgIpc) is 2.23. The number of carbonyl (C=O) groups excluding carboxylic acids is 3. The van der Waals surface area contributed by atoms with E-state index in [1.807, 2.05) is 0 Å². The summed E-state index contributed by atoms with van der Waals surface area (Å²) in [5, 5.41) is 4.75. The van der Waals surface area contributed by atoms with Gasteiger partial charge in [0.2, 0.25) is 5.91 Å². The second-order valence-corrected chi connectivity index (χ2v) is 6.96. The third kappa shape index (κ3) is 9.20. The summed E-state index contributed by atoms with van der Waals surface area (Å²) in [5.41, 5.74) is -1.33. The molecule has 0 saturated heterocycles. The van der Waals surface area contributed by atoms with E-state index < -0.39 is 41.3 Å². The second-order valence-electron chi connectivity index (χ2n) is 6.96. The Morgan fingerprint density at radius 2 is 1.36 bits per heavy atom. The van der Waals surface area contributed by atoms with Crippen molar-refractivity contribution >= 4 is 18.0 Å². The summed E-state index contributed by atoms with van der Waals surface area (Å²) in [7, 11) is 0. The van der Waals surface area contributed by atoms with Crippen LogP contribution in [-0.2, 0) is 19.1 Å². The SMILES string of the molecule is [CH2][C@H](NC(=O)[C@H](C)NC(=O)OC(C)(C)C)C(=O)OC(C)(C)C. The van der Waals surface area contributed by atoms with Crippen molar-refractivity contribution in [2.45, 2.75) is 71.8 Å². The zero-order chi connectivity index (χ0) is 17.7. The number of ether oxygens (including phenoxy) is 2. The van der Waals surface area contributed by atoms with E-state index in [0.29, 0.717) is 0 Å². The zero-order valence-electron chi connectivity index (χ0n) is 14.4. The number of nitrogens with one attached hydrogen (secondary N) is 2. The van der Waals surface area contributed by atoms with Crippen molar-refractivity contribution in [2.24, 2.45) is 0 Å². The molecular weight excluding hydrogens is 288 g/mol. The minimum absolute atomic E-state index is 0.559. The number of hydrogen-bond acceptors (Lipinski definition) is 5. The van der Waals surface area contributed by atoms with Gasteiger partial charge < -0.3 is 20.1 Å². The van der Waals surface area contributed by atoms with Crippen LogP contribution in [0.5, 0.6) is 0 Å². The lowest BCUT2D eigenvalue weighted by Gasteiger charge is -2.24. The maximum atomic E-state index is 11.9. The first kappa shape index (κ1) is 20.2. The first-order chi connectivity index (χ1) is 9.71. The number of rotatable bonds is 4. The minimum Gasteiger partial charge on any atom is -0.458 e. The van der Waals surface area contributed by atoms with Crippen LogP contribution in [0.15, 0.2) is 0 Å². The lowest BCUT2D eigenvalue weighted by molar-refractivity contribution is -0.157. The summed E-state index contributed by atoms with van der Waals surface area (Å²) in [6.07, 6.45) is -0.715. The first-order valence-electron chi connectivity index (χ1n) is 7.07. The summed E-state index contributed by atoms with van der Waals surface area (Å²) in [6.45, 7) is 15.3. The molecule has 0 fully saturated rings. The van der Waals surface area contributed by atoms with Crippen LogP contribution in [0.1, 0.15) is 48.5 Å². The van der Waals surface area contributed by atoms with Crippen LogP contribution in [0, 0.1) is 6.92 Å². The molecule has 2 atom stereocenters. The Balaban J connectivity index is 4.41. The predicted octanol–water partition coefficient (Wildman–Crippen LogP) is 1.56. The molecule has 0 bridgehead atoms. The van der Waals surface area contributed by atoms with Crippen LogP contribution in [0.2, 0.25) is 0 Å². The van der Waals surface area contributed by atoms with Crippen molar-refractivity contribution in [2.75, 3.05) is 0 Å². The van der Waals surface area contributed by atoms with Crippen molar-refractivity contribution < 1.29 is 23.9 Å². The molecule has 0 aliphatic carbocycles. The highest BCUT2D eigenvalue weighted by atomic mass is 16.6. The fraction of sp³-hybridized carbons (Fsp3) is 0.733. The van der Waals surface area contributed by atoms with Gasteiger partial charge in [0.05, 0.1) is 0 Å². The largest absolute Gasteiger partial charge is 0.458 e. The lowest BCUT2D eigenvalue weighted by atomic mass is 10.2. The molecule has 0 aromatic rings. The Labute approximate surface area is 132 Å². The van der Waals surface area contributed by atoms with Crippen LogP contribution in [0.4, 0.5) is 4.79 Å². The van der Waals surface area contributed by atoms with Gasteiger partial charge in [0.25, 0.3) is 0 Å². The minimum atomic E-state index is -1.06. The molecular formula is C15H27N2O5. The second kappa shape index (κ2) is 7.47. The average molecular weight is 315 g/mol. The summed E-state index contributed by atoms with van der Waals surface area (Å²) >= 11 is 0. The van der Waals surface area contributed by atoms with E-state index in [0.717, 1.165) is 0 Å². The van der Waals surface area contributed by atoms with Crippen LogP contribution in [-0.4, -0.2) is 41.3 Å². The van der Waals surface area contributed by atoms with Crippen molar-refractivity contribution in [1.82, 2.24) is 10.6 Å². The van der Waals surface area contributed by atoms with Crippen molar-refractivity contribution in [3.8, 4) is 0 Å². The van der Waals surface area contributed by atoms with Gasteiger partial charge in [-0.3, -0.25) is 4.79 Å². The van der Waals surface area contributed by atoms with Gasteiger partial charge in [0.1, 0.15) is 23.3 Å². The molecule has 0 heterocycles. The van der Waals surface area contributed by atoms with Crippen molar-refractivity contribution in [1.29, 1.82) is 0 Å². The molecule has 0 aliphatic heterocycles. The quantitative estimate of drug-likeness (QED) is 0.768. The Hall–Kier alpha value is -1.79. The highest BCUT2D eigenvalue weighted by molar-refractivity contribution is 5.89. The standard InChI is InChI=1S/C15H27N2O5/c1-9(17-13(20)22-15(6,7)8)11(18)16-10(2)12(19)21-14(3,4)5/h9-10H,2H2,1,3-8H3,(H,16,18)(H,17,20)/t9-,10-/m0/s1. The molecule has 22 heavy (non-hydrogen) atoms. The van der Waals surface area contributed by atoms with E-state index >= 15 is 0 Å². The van der Waals surface area contributed by atoms with E-state index in [-0.39, 0.29) is 0 Å². The molecule has 1 radical (unpaired) electrons.